The minimum atomic E-state index is 0.453. The van der Waals surface area contributed by atoms with Crippen LogP contribution in [0.5, 0.6) is 0 Å². The number of aliphatic imine (C=N–C) groups is 1. The van der Waals surface area contributed by atoms with Gasteiger partial charge in [-0.2, -0.15) is 0 Å². The van der Waals surface area contributed by atoms with Crippen molar-refractivity contribution in [3.63, 3.8) is 0 Å². The second kappa shape index (κ2) is 7.68. The summed E-state index contributed by atoms with van der Waals surface area (Å²) in [5, 5.41) is 3.08. The molecule has 0 atom stereocenters. The molecule has 4 nitrogen and oxygen atoms in total. The second-order valence-electron chi connectivity index (χ2n) is 3.79. The van der Waals surface area contributed by atoms with Crippen LogP contribution in [0.1, 0.15) is 18.9 Å². The molecule has 0 spiro atoms. The van der Waals surface area contributed by atoms with Crippen molar-refractivity contribution >= 4 is 11.6 Å². The van der Waals surface area contributed by atoms with Crippen LogP contribution in [0.25, 0.3) is 0 Å². The standard InChI is InChI=1S/C13H21N3O/c1-3-11-6-4-7-12(10-11)16-13(14)15-8-5-9-17-2/h4,6-7,10H,3,5,8-9H2,1-2H3,(H3,14,15,16). The average Bonchev–Trinajstić information content (AvgIpc) is 2.35. The van der Waals surface area contributed by atoms with Gasteiger partial charge in [-0.1, -0.05) is 19.1 Å². The lowest BCUT2D eigenvalue weighted by Gasteiger charge is -2.07. The van der Waals surface area contributed by atoms with Gasteiger partial charge < -0.3 is 15.8 Å². The number of rotatable bonds is 6. The minimum Gasteiger partial charge on any atom is -0.385 e. The molecule has 0 amide bonds. The van der Waals surface area contributed by atoms with E-state index in [1.54, 1.807) is 7.11 Å². The van der Waals surface area contributed by atoms with E-state index < -0.39 is 0 Å². The number of hydrogen-bond acceptors (Lipinski definition) is 2. The van der Waals surface area contributed by atoms with Crippen LogP contribution in [-0.2, 0) is 11.2 Å². The smallest absolute Gasteiger partial charge is 0.193 e. The summed E-state index contributed by atoms with van der Waals surface area (Å²) in [7, 11) is 1.68. The summed E-state index contributed by atoms with van der Waals surface area (Å²) in [6, 6.07) is 8.17. The average molecular weight is 235 g/mol. The fourth-order valence-corrected chi connectivity index (χ4v) is 1.46. The third-order valence-corrected chi connectivity index (χ3v) is 2.40. The van der Waals surface area contributed by atoms with Crippen LogP contribution in [0.3, 0.4) is 0 Å². The highest BCUT2D eigenvalue weighted by molar-refractivity contribution is 5.92. The minimum absolute atomic E-state index is 0.453. The number of nitrogens with one attached hydrogen (secondary N) is 1. The Balaban J connectivity index is 2.46. The molecule has 0 aliphatic rings. The Labute approximate surface area is 103 Å². The van der Waals surface area contributed by atoms with E-state index in [0.29, 0.717) is 19.1 Å². The molecule has 0 radical (unpaired) electrons. The van der Waals surface area contributed by atoms with Gasteiger partial charge >= 0.3 is 0 Å². The van der Waals surface area contributed by atoms with Gasteiger partial charge in [-0.25, -0.2) is 0 Å². The van der Waals surface area contributed by atoms with Crippen LogP contribution in [0.15, 0.2) is 29.3 Å². The first-order valence-electron chi connectivity index (χ1n) is 5.91. The third kappa shape index (κ3) is 5.36. The van der Waals surface area contributed by atoms with Crippen molar-refractivity contribution in [2.45, 2.75) is 19.8 Å². The highest BCUT2D eigenvalue weighted by Crippen LogP contribution is 2.10. The van der Waals surface area contributed by atoms with Crippen LogP contribution < -0.4 is 11.1 Å². The van der Waals surface area contributed by atoms with Crippen molar-refractivity contribution in [1.29, 1.82) is 0 Å². The number of aryl methyl sites for hydroxylation is 1. The van der Waals surface area contributed by atoms with E-state index in [1.165, 1.54) is 5.56 Å². The van der Waals surface area contributed by atoms with Crippen molar-refractivity contribution in [1.82, 2.24) is 0 Å². The van der Waals surface area contributed by atoms with Crippen molar-refractivity contribution in [3.8, 4) is 0 Å². The van der Waals surface area contributed by atoms with Crippen molar-refractivity contribution < 1.29 is 4.74 Å². The number of nitrogens with zero attached hydrogens (tertiary/aromatic N) is 1. The Hall–Kier alpha value is -1.55. The van der Waals surface area contributed by atoms with Gasteiger partial charge in [-0.3, -0.25) is 4.99 Å². The summed E-state index contributed by atoms with van der Waals surface area (Å²) in [4.78, 5) is 4.22. The molecule has 94 valence electrons. The zero-order valence-electron chi connectivity index (χ0n) is 10.6. The molecule has 0 saturated heterocycles. The van der Waals surface area contributed by atoms with E-state index >= 15 is 0 Å². The molecule has 0 aliphatic heterocycles. The molecule has 1 aromatic rings. The number of nitrogens with two attached hydrogens (primary N) is 1. The van der Waals surface area contributed by atoms with E-state index in [1.807, 2.05) is 12.1 Å². The molecule has 3 N–H and O–H groups in total. The Kier molecular flexibility index (Phi) is 6.10. The molecule has 0 aliphatic carbocycles. The normalized spacial score (nSPS) is 11.5. The maximum Gasteiger partial charge on any atom is 0.193 e. The molecule has 0 fully saturated rings. The van der Waals surface area contributed by atoms with Gasteiger partial charge in [0.1, 0.15) is 0 Å². The van der Waals surface area contributed by atoms with Crippen LogP contribution >= 0.6 is 0 Å². The van der Waals surface area contributed by atoms with Gasteiger partial charge in [0, 0.05) is 25.9 Å². The Morgan fingerprint density at radius 3 is 3.00 bits per heavy atom. The van der Waals surface area contributed by atoms with Gasteiger partial charge in [0.15, 0.2) is 5.96 Å². The maximum absolute atomic E-state index is 5.78. The molecule has 4 heteroatoms. The van der Waals surface area contributed by atoms with Gasteiger partial charge in [0.25, 0.3) is 0 Å². The van der Waals surface area contributed by atoms with Crippen LogP contribution in [0, 0.1) is 0 Å². The zero-order valence-corrected chi connectivity index (χ0v) is 10.6. The fraction of sp³-hybridized carbons (Fsp3) is 0.462. The Morgan fingerprint density at radius 2 is 2.29 bits per heavy atom. The first-order valence-corrected chi connectivity index (χ1v) is 5.91. The molecule has 17 heavy (non-hydrogen) atoms. The molecule has 0 aromatic heterocycles. The van der Waals surface area contributed by atoms with Gasteiger partial charge in [-0.05, 0) is 30.5 Å². The van der Waals surface area contributed by atoms with E-state index in [-0.39, 0.29) is 0 Å². The van der Waals surface area contributed by atoms with Gasteiger partial charge in [-0.15, -0.1) is 0 Å². The van der Waals surface area contributed by atoms with Crippen LogP contribution in [0.4, 0.5) is 5.69 Å². The SMILES string of the molecule is CCc1cccc(NC(N)=NCCCOC)c1. The quantitative estimate of drug-likeness (QED) is 0.450. The van der Waals surface area contributed by atoms with Gasteiger partial charge in [0.05, 0.1) is 0 Å². The van der Waals surface area contributed by atoms with Crippen molar-refractivity contribution in [2.24, 2.45) is 10.7 Å². The Morgan fingerprint density at radius 1 is 1.47 bits per heavy atom. The summed E-state index contributed by atoms with van der Waals surface area (Å²) in [6.07, 6.45) is 1.90. The Bertz CT molecular complexity index is 363. The van der Waals surface area contributed by atoms with Crippen LogP contribution in [0.2, 0.25) is 0 Å². The highest BCUT2D eigenvalue weighted by atomic mass is 16.5. The van der Waals surface area contributed by atoms with E-state index in [2.05, 4.69) is 29.4 Å². The molecule has 0 unspecified atom stereocenters. The number of hydrogen-bond donors (Lipinski definition) is 2. The van der Waals surface area contributed by atoms with Crippen molar-refractivity contribution in [2.75, 3.05) is 25.6 Å². The second-order valence-corrected chi connectivity index (χ2v) is 3.79. The fourth-order valence-electron chi connectivity index (χ4n) is 1.46. The number of benzene rings is 1. The van der Waals surface area contributed by atoms with E-state index in [9.17, 15) is 0 Å². The summed E-state index contributed by atoms with van der Waals surface area (Å²) < 4.78 is 4.94. The molecule has 1 aromatic carbocycles. The number of methoxy groups -OCH3 is 1. The molecular formula is C13H21N3O. The molecule has 0 bridgehead atoms. The van der Waals surface area contributed by atoms with Crippen molar-refractivity contribution in [3.05, 3.63) is 29.8 Å². The van der Waals surface area contributed by atoms with Crippen LogP contribution in [-0.4, -0.2) is 26.2 Å². The first kappa shape index (κ1) is 13.5. The highest BCUT2D eigenvalue weighted by Gasteiger charge is 1.96. The number of anilines is 1. The largest absolute Gasteiger partial charge is 0.385 e. The number of guanidine groups is 1. The first-order chi connectivity index (χ1) is 8.26. The van der Waals surface area contributed by atoms with Gasteiger partial charge in [0.2, 0.25) is 0 Å². The molecule has 0 saturated carbocycles. The molecule has 0 heterocycles. The summed E-state index contributed by atoms with van der Waals surface area (Å²) >= 11 is 0. The van der Waals surface area contributed by atoms with E-state index in [0.717, 1.165) is 18.5 Å². The lowest BCUT2D eigenvalue weighted by molar-refractivity contribution is 0.197. The summed E-state index contributed by atoms with van der Waals surface area (Å²) in [5.74, 6) is 0.453. The number of ether oxygens (including phenoxy) is 1. The summed E-state index contributed by atoms with van der Waals surface area (Å²) in [5.41, 5.74) is 8.04. The lowest BCUT2D eigenvalue weighted by Crippen LogP contribution is -2.23. The molecular weight excluding hydrogens is 214 g/mol. The third-order valence-electron chi connectivity index (χ3n) is 2.40. The lowest BCUT2D eigenvalue weighted by atomic mass is 10.1. The maximum atomic E-state index is 5.78. The molecule has 1 rings (SSSR count). The predicted octanol–water partition coefficient (Wildman–Crippen LogP) is 2.01. The summed E-state index contributed by atoms with van der Waals surface area (Å²) in [6.45, 7) is 3.52. The topological polar surface area (TPSA) is 59.6 Å². The zero-order chi connectivity index (χ0) is 12.5. The van der Waals surface area contributed by atoms with E-state index in [4.69, 9.17) is 10.5 Å². The predicted molar refractivity (Wildman–Crippen MR) is 72.4 cm³/mol. The monoisotopic (exact) mass is 235 g/mol.